The lowest BCUT2D eigenvalue weighted by molar-refractivity contribution is -0.147. The van der Waals surface area contributed by atoms with Crippen molar-refractivity contribution in [2.75, 3.05) is 52.7 Å². The Labute approximate surface area is 310 Å². The van der Waals surface area contributed by atoms with E-state index in [0.29, 0.717) is 64.2 Å². The molecule has 0 aliphatic rings. The molecular formula is C40H62N2O10. The summed E-state index contributed by atoms with van der Waals surface area (Å²) in [7, 11) is 0. The van der Waals surface area contributed by atoms with Crippen LogP contribution in [0.2, 0.25) is 0 Å². The fourth-order valence-electron chi connectivity index (χ4n) is 4.35. The highest BCUT2D eigenvalue weighted by Crippen LogP contribution is 2.15. The fraction of sp³-hybridized carbons (Fsp3) is 0.600. The Hall–Kier alpha value is -3.52. The molecule has 0 amide bonds. The first-order chi connectivity index (χ1) is 24.9. The molecule has 12 heteroatoms. The Bertz CT molecular complexity index is 1170. The van der Waals surface area contributed by atoms with Crippen molar-refractivity contribution >= 4 is 11.9 Å². The van der Waals surface area contributed by atoms with Crippen molar-refractivity contribution in [3.8, 4) is 11.5 Å². The van der Waals surface area contributed by atoms with E-state index < -0.39 is 24.1 Å². The third-order valence-corrected chi connectivity index (χ3v) is 7.04. The Morgan fingerprint density at radius 2 is 0.923 bits per heavy atom. The van der Waals surface area contributed by atoms with Crippen molar-refractivity contribution in [3.63, 3.8) is 0 Å². The molecule has 0 aliphatic heterocycles. The van der Waals surface area contributed by atoms with Crippen molar-refractivity contribution in [1.29, 1.82) is 0 Å². The van der Waals surface area contributed by atoms with Crippen LogP contribution < -0.4 is 20.1 Å². The number of hydrogen-bond acceptors (Lipinski definition) is 12. The van der Waals surface area contributed by atoms with Gasteiger partial charge in [-0.15, -0.1) is 0 Å². The predicted octanol–water partition coefficient (Wildman–Crippen LogP) is 5.40. The monoisotopic (exact) mass is 730 g/mol. The van der Waals surface area contributed by atoms with E-state index in [1.54, 1.807) is 0 Å². The Kier molecular flexibility index (Phi) is 22.6. The van der Waals surface area contributed by atoms with Crippen LogP contribution in [0.15, 0.2) is 60.7 Å². The van der Waals surface area contributed by atoms with Gasteiger partial charge in [0.15, 0.2) is 0 Å². The molecule has 0 heterocycles. The van der Waals surface area contributed by atoms with Gasteiger partial charge in [-0.25, -0.2) is 9.59 Å². The van der Waals surface area contributed by atoms with E-state index in [9.17, 15) is 9.59 Å². The van der Waals surface area contributed by atoms with Crippen LogP contribution in [-0.4, -0.2) is 101 Å². The van der Waals surface area contributed by atoms with Crippen molar-refractivity contribution in [3.05, 3.63) is 71.8 Å². The summed E-state index contributed by atoms with van der Waals surface area (Å²) < 4.78 is 45.4. The second-order valence-electron chi connectivity index (χ2n) is 13.4. The van der Waals surface area contributed by atoms with Gasteiger partial charge >= 0.3 is 11.9 Å². The van der Waals surface area contributed by atoms with Gasteiger partial charge in [-0.1, -0.05) is 52.0 Å². The van der Waals surface area contributed by atoms with E-state index in [1.165, 1.54) is 0 Å². The van der Waals surface area contributed by atoms with E-state index in [2.05, 4.69) is 10.6 Å². The average molecular weight is 731 g/mol. The van der Waals surface area contributed by atoms with Gasteiger partial charge in [-0.05, 0) is 63.1 Å². The summed E-state index contributed by atoms with van der Waals surface area (Å²) in [6, 6.07) is 15.4. The van der Waals surface area contributed by atoms with Crippen LogP contribution in [0.3, 0.4) is 0 Å². The highest BCUT2D eigenvalue weighted by atomic mass is 16.6. The molecule has 0 bridgehead atoms. The van der Waals surface area contributed by atoms with Gasteiger partial charge in [0.1, 0.15) is 36.9 Å². The van der Waals surface area contributed by atoms with Gasteiger partial charge in [0.2, 0.25) is 0 Å². The normalized spacial score (nSPS) is 12.9. The number of rotatable bonds is 28. The summed E-state index contributed by atoms with van der Waals surface area (Å²) in [4.78, 5) is 25.5. The molecule has 2 N–H and O–H groups in total. The number of carbonyl (C=O) groups excluding carboxylic acids is 2. The summed E-state index contributed by atoms with van der Waals surface area (Å²) in [5.41, 5.74) is 2.01. The van der Waals surface area contributed by atoms with Crippen molar-refractivity contribution in [1.82, 2.24) is 10.6 Å². The first-order valence-corrected chi connectivity index (χ1v) is 18.3. The van der Waals surface area contributed by atoms with Crippen LogP contribution in [0.25, 0.3) is 0 Å². The molecule has 292 valence electrons. The molecule has 0 spiro atoms. The van der Waals surface area contributed by atoms with Gasteiger partial charge in [-0.2, -0.15) is 0 Å². The van der Waals surface area contributed by atoms with Crippen molar-refractivity contribution < 1.29 is 47.5 Å². The summed E-state index contributed by atoms with van der Waals surface area (Å²) in [6.07, 6.45) is 1.27. The topological polar surface area (TPSA) is 132 Å². The SMILES string of the molecule is CC(C)NCC(COc1ccc(COCCOC(C)C)cc1)OC(=O)/C=C/C(=O)OC(CNC(C)C)COc1ccc(COCCOC(C)C)cc1. The van der Waals surface area contributed by atoms with E-state index >= 15 is 0 Å². The van der Waals surface area contributed by atoms with Gasteiger partial charge < -0.3 is 48.5 Å². The Balaban J connectivity index is 1.85. The number of carbonyl (C=O) groups is 2. The first-order valence-electron chi connectivity index (χ1n) is 18.3. The predicted molar refractivity (Wildman–Crippen MR) is 201 cm³/mol. The molecule has 2 aromatic carbocycles. The lowest BCUT2D eigenvalue weighted by atomic mass is 10.2. The summed E-state index contributed by atoms with van der Waals surface area (Å²) in [5.74, 6) is -0.106. The lowest BCUT2D eigenvalue weighted by Gasteiger charge is -2.20. The lowest BCUT2D eigenvalue weighted by Crippen LogP contribution is -2.38. The Morgan fingerprint density at radius 3 is 1.25 bits per heavy atom. The molecule has 0 saturated carbocycles. The quantitative estimate of drug-likeness (QED) is 0.0660. The molecule has 0 radical (unpaired) electrons. The standard InChI is InChI=1S/C40H62N2O10/c1-29(2)41-23-37(27-49-35-13-9-33(10-14-35)25-45-19-21-47-31(5)6)51-39(43)17-18-40(44)52-38(24-42-30(3)4)28-50-36-15-11-34(12-16-36)26-46-20-22-48-32(7)8/h9-18,29-32,37-38,41-42H,19-28H2,1-8H3/b18-17+. The van der Waals surface area contributed by atoms with Gasteiger partial charge in [-0.3, -0.25) is 0 Å². The number of esters is 2. The van der Waals surface area contributed by atoms with E-state index in [0.717, 1.165) is 23.3 Å². The molecular weight excluding hydrogens is 668 g/mol. The number of hydrogen-bond donors (Lipinski definition) is 2. The molecule has 2 atom stereocenters. The Morgan fingerprint density at radius 1 is 0.558 bits per heavy atom. The molecule has 2 unspecified atom stereocenters. The molecule has 0 aromatic heterocycles. The maximum absolute atomic E-state index is 12.7. The van der Waals surface area contributed by atoms with Crippen molar-refractivity contribution in [2.45, 2.75) is 105 Å². The minimum atomic E-state index is -0.685. The molecule has 0 aliphatic carbocycles. The zero-order valence-corrected chi connectivity index (χ0v) is 32.4. The molecule has 2 aromatic rings. The fourth-order valence-corrected chi connectivity index (χ4v) is 4.35. The maximum Gasteiger partial charge on any atom is 0.331 e. The highest BCUT2D eigenvalue weighted by molar-refractivity contribution is 5.91. The molecule has 2 rings (SSSR count). The highest BCUT2D eigenvalue weighted by Gasteiger charge is 2.18. The van der Waals surface area contributed by atoms with Gasteiger partial charge in [0, 0.05) is 37.3 Å². The molecule has 0 saturated heterocycles. The summed E-state index contributed by atoms with van der Waals surface area (Å²) in [5, 5.41) is 6.53. The average Bonchev–Trinajstić information content (AvgIpc) is 3.10. The third kappa shape index (κ3) is 22.4. The number of ether oxygens (including phenoxy) is 8. The first kappa shape index (κ1) is 44.6. The van der Waals surface area contributed by atoms with Crippen LogP contribution in [0, 0.1) is 0 Å². The van der Waals surface area contributed by atoms with Crippen LogP contribution in [0.4, 0.5) is 0 Å². The zero-order chi connectivity index (χ0) is 38.1. The van der Waals surface area contributed by atoms with Crippen LogP contribution in [0.5, 0.6) is 11.5 Å². The van der Waals surface area contributed by atoms with Crippen molar-refractivity contribution in [2.24, 2.45) is 0 Å². The van der Waals surface area contributed by atoms with E-state index in [1.807, 2.05) is 104 Å². The largest absolute Gasteiger partial charge is 0.490 e. The van der Waals surface area contributed by atoms with E-state index in [-0.39, 0.29) is 37.5 Å². The summed E-state index contributed by atoms with van der Waals surface area (Å²) >= 11 is 0. The minimum absolute atomic E-state index is 0.119. The van der Waals surface area contributed by atoms with E-state index in [4.69, 9.17) is 37.9 Å². The van der Waals surface area contributed by atoms with Crippen LogP contribution >= 0.6 is 0 Å². The summed E-state index contributed by atoms with van der Waals surface area (Å²) in [6.45, 7) is 20.0. The second kappa shape index (κ2) is 26.3. The van der Waals surface area contributed by atoms with Gasteiger partial charge in [0.05, 0.1) is 51.8 Å². The molecule has 12 nitrogen and oxygen atoms in total. The van der Waals surface area contributed by atoms with Crippen LogP contribution in [-0.2, 0) is 51.2 Å². The third-order valence-electron chi connectivity index (χ3n) is 7.04. The molecule has 52 heavy (non-hydrogen) atoms. The number of benzene rings is 2. The minimum Gasteiger partial charge on any atom is -0.490 e. The smallest absolute Gasteiger partial charge is 0.331 e. The number of nitrogens with one attached hydrogen (secondary N) is 2. The van der Waals surface area contributed by atoms with Crippen LogP contribution in [0.1, 0.15) is 66.5 Å². The second-order valence-corrected chi connectivity index (χ2v) is 13.4. The van der Waals surface area contributed by atoms with Gasteiger partial charge in [0.25, 0.3) is 0 Å². The zero-order valence-electron chi connectivity index (χ0n) is 32.4. The molecule has 0 fully saturated rings. The maximum atomic E-state index is 12.7.